The summed E-state index contributed by atoms with van der Waals surface area (Å²) in [6.07, 6.45) is -0.696. The molecule has 2 atom stereocenters. The highest BCUT2D eigenvalue weighted by molar-refractivity contribution is 5.97. The van der Waals surface area contributed by atoms with Crippen LogP contribution in [0.25, 0.3) is 0 Å². The zero-order valence-corrected chi connectivity index (χ0v) is 26.8. The summed E-state index contributed by atoms with van der Waals surface area (Å²) >= 11 is 0. The lowest BCUT2D eigenvalue weighted by Gasteiger charge is -2.22. The molecule has 0 radical (unpaired) electrons. The SMILES string of the molecule is CC(C)C(N)C(=O)NC(CCCNC(N)=O)C(=O)Nc1ccc(COC(=O)NCCOCCOCCOCCOC(=O)NNN)cc1. The van der Waals surface area contributed by atoms with Crippen LogP contribution in [-0.2, 0) is 39.9 Å². The quantitative estimate of drug-likeness (QED) is 0.0360. The lowest BCUT2D eigenvalue weighted by atomic mass is 10.0. The molecule has 1 aromatic carbocycles. The lowest BCUT2D eigenvalue weighted by molar-refractivity contribution is -0.128. The highest BCUT2D eigenvalue weighted by Gasteiger charge is 2.25. The number of nitrogens with one attached hydrogen (secondary N) is 6. The second kappa shape index (κ2) is 24.9. The third-order valence-electron chi connectivity index (χ3n) is 6.11. The van der Waals surface area contributed by atoms with Gasteiger partial charge >= 0.3 is 18.2 Å². The van der Waals surface area contributed by atoms with E-state index in [1.165, 1.54) is 0 Å². The van der Waals surface area contributed by atoms with E-state index < -0.39 is 42.1 Å². The van der Waals surface area contributed by atoms with Gasteiger partial charge in [-0.05, 0) is 36.5 Å². The van der Waals surface area contributed by atoms with Crippen LogP contribution >= 0.6 is 0 Å². The predicted molar refractivity (Wildman–Crippen MR) is 169 cm³/mol. The van der Waals surface area contributed by atoms with E-state index in [9.17, 15) is 24.0 Å². The number of alkyl carbamates (subject to hydrolysis) is 1. The van der Waals surface area contributed by atoms with E-state index >= 15 is 0 Å². The van der Waals surface area contributed by atoms with Crippen LogP contribution in [-0.4, -0.2) is 101 Å². The molecule has 19 heteroatoms. The maximum atomic E-state index is 13.0. The number of benzene rings is 1. The summed E-state index contributed by atoms with van der Waals surface area (Å²) < 4.78 is 25.9. The van der Waals surface area contributed by atoms with Crippen LogP contribution in [0.2, 0.25) is 0 Å². The van der Waals surface area contributed by atoms with E-state index in [0.717, 1.165) is 0 Å². The van der Waals surface area contributed by atoms with E-state index in [1.807, 2.05) is 11.0 Å². The van der Waals surface area contributed by atoms with Gasteiger partial charge < -0.3 is 56.4 Å². The van der Waals surface area contributed by atoms with Gasteiger partial charge in [-0.3, -0.25) is 15.4 Å². The maximum Gasteiger partial charge on any atom is 0.422 e. The van der Waals surface area contributed by atoms with Gasteiger partial charge in [-0.25, -0.2) is 19.8 Å². The van der Waals surface area contributed by atoms with Gasteiger partial charge in [0.05, 0.1) is 45.7 Å². The van der Waals surface area contributed by atoms with Crippen molar-refractivity contribution in [2.45, 2.75) is 45.4 Å². The minimum atomic E-state index is -0.890. The van der Waals surface area contributed by atoms with Crippen LogP contribution in [0.15, 0.2) is 24.3 Å². The second-order valence-electron chi connectivity index (χ2n) is 10.2. The molecule has 47 heavy (non-hydrogen) atoms. The Morgan fingerprint density at radius 1 is 0.766 bits per heavy atom. The smallest absolute Gasteiger partial charge is 0.422 e. The summed E-state index contributed by atoms with van der Waals surface area (Å²) in [6, 6.07) is 4.29. The van der Waals surface area contributed by atoms with Gasteiger partial charge in [0.1, 0.15) is 19.3 Å². The first kappa shape index (κ1) is 40.8. The minimum absolute atomic E-state index is 0.000304. The molecular weight excluding hydrogens is 622 g/mol. The van der Waals surface area contributed by atoms with Crippen LogP contribution in [0.3, 0.4) is 0 Å². The Kier molecular flexibility index (Phi) is 21.6. The molecule has 6 amide bonds. The van der Waals surface area contributed by atoms with Crippen LogP contribution < -0.4 is 49.5 Å². The molecule has 0 aliphatic rings. The first-order valence-corrected chi connectivity index (χ1v) is 15.0. The third-order valence-corrected chi connectivity index (χ3v) is 6.11. The number of rotatable bonds is 24. The number of hydrogen-bond donors (Lipinski definition) is 9. The largest absolute Gasteiger partial charge is 0.446 e. The molecule has 0 aromatic heterocycles. The van der Waals surface area contributed by atoms with E-state index in [4.69, 9.17) is 41.0 Å². The Labute approximate surface area is 273 Å². The van der Waals surface area contributed by atoms with Gasteiger partial charge in [0.2, 0.25) is 11.8 Å². The number of hydrogen-bond acceptors (Lipinski definition) is 13. The van der Waals surface area contributed by atoms with Crippen LogP contribution in [0.4, 0.5) is 20.1 Å². The molecule has 0 spiro atoms. The summed E-state index contributed by atoms with van der Waals surface area (Å²) in [5.74, 6) is 3.86. The summed E-state index contributed by atoms with van der Waals surface area (Å²) in [4.78, 5) is 59.3. The fourth-order valence-corrected chi connectivity index (χ4v) is 3.53. The molecule has 12 N–H and O–H groups in total. The number of carbonyl (C=O) groups excluding carboxylic acids is 5. The van der Waals surface area contributed by atoms with Crippen LogP contribution in [0.1, 0.15) is 32.3 Å². The van der Waals surface area contributed by atoms with Crippen molar-refractivity contribution in [3.8, 4) is 0 Å². The fraction of sp³-hybridized carbons (Fsp3) is 0.607. The molecule has 0 saturated heterocycles. The Balaban J connectivity index is 2.27. The molecule has 19 nitrogen and oxygen atoms in total. The topological polar surface area (TPSA) is 282 Å². The van der Waals surface area contributed by atoms with E-state index in [2.05, 4.69) is 21.3 Å². The monoisotopic (exact) mass is 671 g/mol. The zero-order valence-electron chi connectivity index (χ0n) is 26.8. The van der Waals surface area contributed by atoms with Crippen molar-refractivity contribution in [1.82, 2.24) is 26.9 Å². The van der Waals surface area contributed by atoms with Crippen molar-refractivity contribution in [2.75, 3.05) is 64.7 Å². The Morgan fingerprint density at radius 3 is 1.98 bits per heavy atom. The number of anilines is 1. The molecule has 266 valence electrons. The summed E-state index contributed by atoms with van der Waals surface area (Å²) in [5.41, 5.74) is 16.1. The van der Waals surface area contributed by atoms with Gasteiger partial charge in [-0.15, -0.1) is 0 Å². The van der Waals surface area contributed by atoms with Crippen molar-refractivity contribution < 1.29 is 47.7 Å². The molecule has 0 aliphatic heterocycles. The fourth-order valence-electron chi connectivity index (χ4n) is 3.53. The van der Waals surface area contributed by atoms with Gasteiger partial charge in [-0.1, -0.05) is 26.0 Å². The standard InChI is InChI=1S/C28H49N9O10/c1-19(2)23(29)25(39)35-22(4-3-9-32-26(30)40)24(38)34-21-7-5-20(6-8-21)18-47-27(41)33-10-11-43-12-13-44-14-15-45-16-17-46-28(42)36-37-31/h5-8,19,22-23,37H,3-4,9-18,29,31H2,1-2H3,(H,33,41)(H,34,38)(H,35,39)(H,36,42)(H3,30,32,40). The molecular formula is C28H49N9O10. The van der Waals surface area contributed by atoms with Crippen molar-refractivity contribution in [1.29, 1.82) is 0 Å². The minimum Gasteiger partial charge on any atom is -0.446 e. The third kappa shape index (κ3) is 20.5. The van der Waals surface area contributed by atoms with E-state index in [0.29, 0.717) is 44.1 Å². The normalized spacial score (nSPS) is 12.0. The highest BCUT2D eigenvalue weighted by Crippen LogP contribution is 2.12. The first-order chi connectivity index (χ1) is 22.5. The van der Waals surface area contributed by atoms with Gasteiger partial charge in [-0.2, -0.15) is 5.53 Å². The van der Waals surface area contributed by atoms with Gasteiger partial charge in [0.15, 0.2) is 0 Å². The number of nitrogens with two attached hydrogens (primary N) is 3. The summed E-state index contributed by atoms with van der Waals surface area (Å²) in [7, 11) is 0. The first-order valence-electron chi connectivity index (χ1n) is 15.0. The van der Waals surface area contributed by atoms with E-state index in [-0.39, 0.29) is 51.9 Å². The number of carbonyl (C=O) groups is 5. The molecule has 2 unspecified atom stereocenters. The molecule has 0 bridgehead atoms. The average Bonchev–Trinajstić information content (AvgIpc) is 3.03. The molecule has 0 saturated carbocycles. The molecule has 0 fully saturated rings. The highest BCUT2D eigenvalue weighted by atomic mass is 16.6. The Morgan fingerprint density at radius 2 is 1.38 bits per heavy atom. The average molecular weight is 672 g/mol. The van der Waals surface area contributed by atoms with Crippen molar-refractivity contribution in [3.05, 3.63) is 29.8 Å². The van der Waals surface area contributed by atoms with Crippen molar-refractivity contribution in [3.63, 3.8) is 0 Å². The predicted octanol–water partition coefficient (Wildman–Crippen LogP) is -1.08. The molecule has 1 rings (SSSR count). The number of ether oxygens (including phenoxy) is 5. The van der Waals surface area contributed by atoms with Crippen molar-refractivity contribution in [2.24, 2.45) is 23.2 Å². The van der Waals surface area contributed by atoms with Gasteiger partial charge in [0.25, 0.3) is 0 Å². The second-order valence-corrected chi connectivity index (χ2v) is 10.2. The number of hydrazine groups is 2. The summed E-state index contributed by atoms with van der Waals surface area (Å²) in [5, 5.41) is 10.5. The Hall–Kier alpha value is -4.27. The zero-order chi connectivity index (χ0) is 34.9. The van der Waals surface area contributed by atoms with Gasteiger partial charge in [0, 0.05) is 18.8 Å². The maximum absolute atomic E-state index is 13.0. The van der Waals surface area contributed by atoms with Crippen LogP contribution in [0, 0.1) is 5.92 Å². The molecule has 0 aliphatic carbocycles. The number of amides is 6. The van der Waals surface area contributed by atoms with Crippen molar-refractivity contribution >= 4 is 35.7 Å². The Bertz CT molecular complexity index is 1080. The summed E-state index contributed by atoms with van der Waals surface area (Å²) in [6.45, 7) is 5.92. The lowest BCUT2D eigenvalue weighted by Crippen LogP contribution is -2.51. The number of primary amides is 1. The molecule has 1 aromatic rings. The number of urea groups is 1. The van der Waals surface area contributed by atoms with E-state index in [1.54, 1.807) is 38.1 Å². The van der Waals surface area contributed by atoms with Crippen LogP contribution in [0.5, 0.6) is 0 Å². The molecule has 0 heterocycles.